The second-order valence-corrected chi connectivity index (χ2v) is 6.28. The first-order valence-corrected chi connectivity index (χ1v) is 9.72. The van der Waals surface area contributed by atoms with E-state index in [-0.39, 0.29) is 48.7 Å². The van der Waals surface area contributed by atoms with Crippen molar-refractivity contribution >= 4 is 35.5 Å². The monoisotopic (exact) mass is 350 g/mol. The van der Waals surface area contributed by atoms with E-state index in [0.29, 0.717) is 6.42 Å². The van der Waals surface area contributed by atoms with Crippen LogP contribution in [0, 0.1) is 0 Å². The molecule has 0 aromatic heterocycles. The summed E-state index contributed by atoms with van der Waals surface area (Å²) in [4.78, 5) is 11.2. The molecule has 0 heterocycles. The van der Waals surface area contributed by atoms with E-state index in [0.717, 1.165) is 12.8 Å². The maximum atomic E-state index is 11.2. The fourth-order valence-corrected chi connectivity index (χ4v) is 2.57. The molecule has 0 radical (unpaired) electrons. The normalized spacial score (nSPS) is 10.8. The molecule has 0 aromatic rings. The third-order valence-electron chi connectivity index (χ3n) is 4.00. The second-order valence-electron chi connectivity index (χ2n) is 6.28. The van der Waals surface area contributed by atoms with Crippen molar-refractivity contribution in [2.75, 3.05) is 13.2 Å². The van der Waals surface area contributed by atoms with Crippen molar-refractivity contribution in [2.24, 2.45) is 0 Å². The molecule has 0 aliphatic heterocycles. The van der Waals surface area contributed by atoms with Gasteiger partial charge < -0.3 is 9.84 Å². The molecule has 0 aromatic carbocycles. The number of carbonyl (C=O) groups excluding carboxylic acids is 1. The molecule has 0 bridgehead atoms. The van der Waals surface area contributed by atoms with E-state index < -0.39 is 0 Å². The van der Waals surface area contributed by atoms with Crippen LogP contribution in [0.3, 0.4) is 0 Å². The molecule has 0 rings (SSSR count). The van der Waals surface area contributed by atoms with Crippen LogP contribution in [0.2, 0.25) is 0 Å². The number of allylic oxidation sites excluding steroid dienone is 2. The zero-order valence-electron chi connectivity index (χ0n) is 15.2. The zero-order chi connectivity index (χ0) is 17.0. The third kappa shape index (κ3) is 22.2. The minimum atomic E-state index is -0.184. The number of aliphatic hydroxyl groups is 1. The molecule has 24 heavy (non-hydrogen) atoms. The summed E-state index contributed by atoms with van der Waals surface area (Å²) in [5.74, 6) is -0.184. The van der Waals surface area contributed by atoms with Crippen LogP contribution in [-0.4, -0.2) is 53.8 Å². The molecule has 0 saturated heterocycles. The summed E-state index contributed by atoms with van der Waals surface area (Å²) in [6, 6.07) is 0. The Hall–Kier alpha value is 0.170. The molecule has 3 nitrogen and oxygen atoms in total. The fourth-order valence-electron chi connectivity index (χ4n) is 2.57. The fraction of sp³-hybridized carbons (Fsp3) is 0.850. The molecule has 0 spiro atoms. The Morgan fingerprint density at radius 1 is 0.833 bits per heavy atom. The summed E-state index contributed by atoms with van der Waals surface area (Å²) in [7, 11) is 0. The van der Waals surface area contributed by atoms with Gasteiger partial charge in [-0.2, -0.15) is 0 Å². The van der Waals surface area contributed by atoms with Gasteiger partial charge in [-0.05, 0) is 32.1 Å². The topological polar surface area (TPSA) is 46.5 Å². The average molecular weight is 351 g/mol. The predicted octanol–water partition coefficient (Wildman–Crippen LogP) is 4.91. The minimum absolute atomic E-state index is 0. The van der Waals surface area contributed by atoms with Gasteiger partial charge in [0.2, 0.25) is 0 Å². The molecule has 0 amide bonds. The van der Waals surface area contributed by atoms with E-state index in [1.807, 2.05) is 0 Å². The second kappa shape index (κ2) is 23.2. The molecule has 0 aliphatic rings. The van der Waals surface area contributed by atoms with Crippen molar-refractivity contribution in [2.45, 2.75) is 96.8 Å². The summed E-state index contributed by atoms with van der Waals surface area (Å²) in [5, 5.41) is 8.54. The first-order chi connectivity index (χ1) is 11.3. The number of aliphatic hydroxyl groups excluding tert-OH is 1. The summed E-state index contributed by atoms with van der Waals surface area (Å²) >= 11 is 0. The van der Waals surface area contributed by atoms with E-state index in [1.54, 1.807) is 0 Å². The van der Waals surface area contributed by atoms with Crippen LogP contribution in [-0.2, 0) is 9.53 Å². The number of ether oxygens (including phenoxy) is 1. The zero-order valence-corrected chi connectivity index (χ0v) is 15.2. The van der Waals surface area contributed by atoms with E-state index in [2.05, 4.69) is 19.1 Å². The predicted molar refractivity (Wildman–Crippen MR) is 105 cm³/mol. The van der Waals surface area contributed by atoms with Gasteiger partial charge in [0.15, 0.2) is 0 Å². The van der Waals surface area contributed by atoms with Gasteiger partial charge in [-0.15, -0.1) is 0 Å². The Kier molecular flexibility index (Phi) is 25.5. The first kappa shape index (κ1) is 26.4. The van der Waals surface area contributed by atoms with Crippen LogP contribution in [0.1, 0.15) is 96.8 Å². The molecule has 4 heteroatoms. The van der Waals surface area contributed by atoms with E-state index in [4.69, 9.17) is 9.84 Å². The summed E-state index contributed by atoms with van der Waals surface area (Å²) in [6.45, 7) is 2.30. The van der Waals surface area contributed by atoms with Crippen molar-refractivity contribution in [3.8, 4) is 0 Å². The van der Waals surface area contributed by atoms with Crippen molar-refractivity contribution in [3.63, 3.8) is 0 Å². The Labute approximate surface area is 171 Å². The van der Waals surface area contributed by atoms with Gasteiger partial charge in [0.25, 0.3) is 0 Å². The quantitative estimate of drug-likeness (QED) is 0.175. The van der Waals surface area contributed by atoms with Gasteiger partial charge in [0, 0.05) is 6.42 Å². The van der Waals surface area contributed by atoms with Crippen LogP contribution in [0.5, 0.6) is 0 Å². The number of hydrogen-bond donors (Lipinski definition) is 1. The molecule has 0 atom stereocenters. The van der Waals surface area contributed by atoms with Crippen LogP contribution >= 0.6 is 0 Å². The number of hydrogen-bond acceptors (Lipinski definition) is 3. The summed E-state index contributed by atoms with van der Waals surface area (Å²) < 4.78 is 4.81. The van der Waals surface area contributed by atoms with Gasteiger partial charge in [-0.1, -0.05) is 70.4 Å². The van der Waals surface area contributed by atoms with Crippen LogP contribution in [0.4, 0.5) is 0 Å². The molecular formula is C20H39NaO3. The molecular weight excluding hydrogens is 311 g/mol. The summed E-state index contributed by atoms with van der Waals surface area (Å²) in [5.41, 5.74) is 0. The van der Waals surface area contributed by atoms with Gasteiger partial charge >= 0.3 is 35.5 Å². The third-order valence-corrected chi connectivity index (χ3v) is 4.00. The molecule has 0 fully saturated rings. The Morgan fingerprint density at radius 2 is 1.33 bits per heavy atom. The van der Waals surface area contributed by atoms with Gasteiger partial charge in [0.1, 0.15) is 6.61 Å². The van der Waals surface area contributed by atoms with E-state index >= 15 is 0 Å². The van der Waals surface area contributed by atoms with Crippen LogP contribution < -0.4 is 0 Å². The maximum absolute atomic E-state index is 11.2. The van der Waals surface area contributed by atoms with Gasteiger partial charge in [0.05, 0.1) is 6.61 Å². The van der Waals surface area contributed by atoms with Crippen molar-refractivity contribution in [3.05, 3.63) is 12.2 Å². The number of carbonyl (C=O) groups is 1. The van der Waals surface area contributed by atoms with E-state index in [1.165, 1.54) is 70.6 Å². The molecule has 0 saturated carbocycles. The van der Waals surface area contributed by atoms with Crippen molar-refractivity contribution < 1.29 is 14.6 Å². The van der Waals surface area contributed by atoms with Crippen LogP contribution in [0.25, 0.3) is 0 Å². The Balaban J connectivity index is 0. The van der Waals surface area contributed by atoms with Crippen LogP contribution in [0.15, 0.2) is 12.2 Å². The van der Waals surface area contributed by atoms with Crippen molar-refractivity contribution in [1.29, 1.82) is 0 Å². The Bertz CT molecular complexity index is 280. The SMILES string of the molecule is CCCCCCCC/C=C\CCCCCCCC(=O)OCCO.[NaH]. The average Bonchev–Trinajstić information content (AvgIpc) is 2.56. The molecule has 138 valence electrons. The van der Waals surface area contributed by atoms with Gasteiger partial charge in [-0.3, -0.25) is 4.79 Å². The number of rotatable bonds is 17. The molecule has 1 N–H and O–H groups in total. The first-order valence-electron chi connectivity index (χ1n) is 9.72. The van der Waals surface area contributed by atoms with Crippen molar-refractivity contribution in [1.82, 2.24) is 0 Å². The van der Waals surface area contributed by atoms with Gasteiger partial charge in [-0.25, -0.2) is 0 Å². The standard InChI is InChI=1S/C20H38O3.Na.H/c1-2-3-4-5-6-7-8-9-10-11-12-13-14-15-16-17-20(22)23-19-18-21;;/h9-10,21H,2-8,11-19H2,1H3;;/b10-9-;;. The number of unbranched alkanes of at least 4 members (excludes halogenated alkanes) is 11. The molecule has 0 aliphatic carbocycles. The molecule has 0 unspecified atom stereocenters. The Morgan fingerprint density at radius 3 is 1.88 bits per heavy atom. The summed E-state index contributed by atoms with van der Waals surface area (Å²) in [6.07, 6.45) is 21.5. The number of esters is 1. The van der Waals surface area contributed by atoms with E-state index in [9.17, 15) is 4.79 Å².